The molecule has 0 radical (unpaired) electrons. The summed E-state index contributed by atoms with van der Waals surface area (Å²) >= 11 is 3.20. The number of rotatable bonds is 4. The lowest BCUT2D eigenvalue weighted by molar-refractivity contribution is -0.139. The second-order valence-corrected chi connectivity index (χ2v) is 7.60. The number of carbonyl (C=O) groups is 2. The van der Waals surface area contributed by atoms with Gasteiger partial charge < -0.3 is 14.8 Å². The minimum absolute atomic E-state index is 0.0122. The second kappa shape index (κ2) is 7.94. The maximum absolute atomic E-state index is 13.8. The van der Waals surface area contributed by atoms with Crippen LogP contribution in [0.25, 0.3) is 0 Å². The Bertz CT molecular complexity index is 860. The quantitative estimate of drug-likeness (QED) is 0.728. The van der Waals surface area contributed by atoms with Gasteiger partial charge in [0.05, 0.1) is 23.3 Å². The van der Waals surface area contributed by atoms with E-state index in [1.54, 1.807) is 19.1 Å². The van der Waals surface area contributed by atoms with Crippen LogP contribution in [0.3, 0.4) is 0 Å². The van der Waals surface area contributed by atoms with E-state index in [-0.39, 0.29) is 36.0 Å². The molecular formula is C20H21BrFNO4. The molecular weight excluding hydrogens is 417 g/mol. The largest absolute Gasteiger partial charge is 0.463 e. The Morgan fingerprint density at radius 3 is 2.78 bits per heavy atom. The van der Waals surface area contributed by atoms with E-state index in [2.05, 4.69) is 21.2 Å². The summed E-state index contributed by atoms with van der Waals surface area (Å²) in [5.74, 6) is -1.73. The summed E-state index contributed by atoms with van der Waals surface area (Å²) in [7, 11) is 0. The number of allylic oxidation sites excluding steroid dienone is 1. The smallest absolute Gasteiger partial charge is 0.336 e. The number of carbonyl (C=O) groups excluding carboxylic acids is 2. The van der Waals surface area contributed by atoms with Crippen molar-refractivity contribution < 1.29 is 23.5 Å². The van der Waals surface area contributed by atoms with Crippen molar-refractivity contribution >= 4 is 27.7 Å². The van der Waals surface area contributed by atoms with Crippen molar-refractivity contribution in [2.75, 3.05) is 19.8 Å². The van der Waals surface area contributed by atoms with Crippen molar-refractivity contribution in [1.82, 2.24) is 5.32 Å². The van der Waals surface area contributed by atoms with Gasteiger partial charge in [0.15, 0.2) is 5.78 Å². The first-order chi connectivity index (χ1) is 12.8. The molecule has 0 aliphatic carbocycles. The van der Waals surface area contributed by atoms with Crippen LogP contribution < -0.4 is 5.32 Å². The lowest BCUT2D eigenvalue weighted by atomic mass is 9.76. The highest BCUT2D eigenvalue weighted by molar-refractivity contribution is 9.10. The molecule has 0 saturated carbocycles. The Labute approximate surface area is 165 Å². The Morgan fingerprint density at radius 1 is 1.41 bits per heavy atom. The van der Waals surface area contributed by atoms with Gasteiger partial charge in [0.2, 0.25) is 0 Å². The predicted octanol–water partition coefficient (Wildman–Crippen LogP) is 3.60. The normalized spacial score (nSPS) is 19.9. The van der Waals surface area contributed by atoms with Gasteiger partial charge in [0.25, 0.3) is 0 Å². The number of hydrogen-bond donors (Lipinski definition) is 1. The zero-order valence-electron chi connectivity index (χ0n) is 15.4. The third-order valence-corrected chi connectivity index (χ3v) is 5.22. The fourth-order valence-electron chi connectivity index (χ4n) is 3.46. The van der Waals surface area contributed by atoms with Crippen LogP contribution in [0.15, 0.2) is 45.2 Å². The summed E-state index contributed by atoms with van der Waals surface area (Å²) < 4.78 is 24.7. The molecule has 5 nitrogen and oxygen atoms in total. The monoisotopic (exact) mass is 437 g/mol. The maximum Gasteiger partial charge on any atom is 0.336 e. The molecule has 0 spiro atoms. The summed E-state index contributed by atoms with van der Waals surface area (Å²) in [6.45, 7) is 6.07. The minimum Gasteiger partial charge on any atom is -0.463 e. The summed E-state index contributed by atoms with van der Waals surface area (Å²) in [5.41, 5.74) is 2.85. The van der Waals surface area contributed by atoms with E-state index < -0.39 is 17.7 Å². The number of ether oxygens (including phenoxy) is 2. The Balaban J connectivity index is 2.25. The Hall–Kier alpha value is -1.99. The first kappa shape index (κ1) is 19.8. The van der Waals surface area contributed by atoms with Crippen LogP contribution in [0.1, 0.15) is 32.3 Å². The third kappa shape index (κ3) is 3.71. The molecule has 2 heterocycles. The predicted molar refractivity (Wildman–Crippen MR) is 101 cm³/mol. The molecule has 1 aromatic carbocycles. The van der Waals surface area contributed by atoms with Crippen LogP contribution in [0.2, 0.25) is 0 Å². The number of benzene rings is 1. The van der Waals surface area contributed by atoms with E-state index in [0.29, 0.717) is 28.1 Å². The zero-order valence-corrected chi connectivity index (χ0v) is 17.0. The fraction of sp³-hybridized carbons (Fsp3) is 0.400. The number of esters is 1. The van der Waals surface area contributed by atoms with Gasteiger partial charge in [-0.05, 0) is 46.5 Å². The lowest BCUT2D eigenvalue weighted by Gasteiger charge is -2.36. The van der Waals surface area contributed by atoms with Gasteiger partial charge in [0.1, 0.15) is 12.4 Å². The highest BCUT2D eigenvalue weighted by Crippen LogP contribution is 2.42. The molecule has 1 aromatic rings. The van der Waals surface area contributed by atoms with Crippen LogP contribution in [0, 0.1) is 11.7 Å². The molecule has 1 atom stereocenters. The van der Waals surface area contributed by atoms with Crippen molar-refractivity contribution in [2.45, 2.75) is 26.7 Å². The second-order valence-electron chi connectivity index (χ2n) is 6.74. The van der Waals surface area contributed by atoms with Crippen LogP contribution >= 0.6 is 15.9 Å². The van der Waals surface area contributed by atoms with E-state index in [9.17, 15) is 14.0 Å². The standard InChI is InChI=1S/C20H21BrFNO4/c1-4-27-20(25)18-16(11-5-6-13(22)12(21)7-11)17-14(8-26-9-15(17)24)23-19(18)10(2)3/h5-7,10,16,23H,4,8-9H2,1-3H3. The van der Waals surface area contributed by atoms with E-state index >= 15 is 0 Å². The van der Waals surface area contributed by atoms with Crippen LogP contribution in [0.5, 0.6) is 0 Å². The van der Waals surface area contributed by atoms with Gasteiger partial charge in [0, 0.05) is 22.9 Å². The van der Waals surface area contributed by atoms with Gasteiger partial charge in [-0.25, -0.2) is 9.18 Å². The van der Waals surface area contributed by atoms with Crippen LogP contribution in [-0.4, -0.2) is 31.6 Å². The molecule has 0 amide bonds. The number of hydrogen-bond acceptors (Lipinski definition) is 5. The van der Waals surface area contributed by atoms with Crippen LogP contribution in [-0.2, 0) is 19.1 Å². The van der Waals surface area contributed by atoms with Gasteiger partial charge in [-0.15, -0.1) is 0 Å². The average molecular weight is 438 g/mol. The molecule has 0 bridgehead atoms. The SMILES string of the molecule is CCOC(=O)C1=C(C(C)C)NC2=C(C(=O)COC2)C1c1ccc(F)c(Br)c1. The zero-order chi connectivity index (χ0) is 19.7. The number of ketones is 1. The van der Waals surface area contributed by atoms with E-state index in [4.69, 9.17) is 9.47 Å². The maximum atomic E-state index is 13.8. The molecule has 3 rings (SSSR count). The third-order valence-electron chi connectivity index (χ3n) is 4.61. The number of Topliss-reactive ketones (excluding diaryl/α,β-unsaturated/α-hetero) is 1. The van der Waals surface area contributed by atoms with Gasteiger partial charge in [-0.3, -0.25) is 4.79 Å². The molecule has 7 heteroatoms. The van der Waals surface area contributed by atoms with E-state index in [1.807, 2.05) is 13.8 Å². The van der Waals surface area contributed by atoms with Crippen molar-refractivity contribution in [3.8, 4) is 0 Å². The molecule has 0 saturated heterocycles. The number of halogens is 2. The first-order valence-corrected chi connectivity index (χ1v) is 9.61. The first-order valence-electron chi connectivity index (χ1n) is 8.82. The van der Waals surface area contributed by atoms with Crippen LogP contribution in [0.4, 0.5) is 4.39 Å². The molecule has 27 heavy (non-hydrogen) atoms. The summed E-state index contributed by atoms with van der Waals surface area (Å²) in [6, 6.07) is 4.53. The summed E-state index contributed by atoms with van der Waals surface area (Å²) in [5, 5.41) is 3.23. The topological polar surface area (TPSA) is 64.6 Å². The Kier molecular flexibility index (Phi) is 5.81. The molecule has 2 aliphatic rings. The van der Waals surface area contributed by atoms with Gasteiger partial charge >= 0.3 is 5.97 Å². The van der Waals surface area contributed by atoms with Crippen molar-refractivity contribution in [3.63, 3.8) is 0 Å². The minimum atomic E-state index is -0.633. The lowest BCUT2D eigenvalue weighted by Crippen LogP contribution is -2.40. The fourth-order valence-corrected chi connectivity index (χ4v) is 3.85. The molecule has 0 aromatic heterocycles. The van der Waals surface area contributed by atoms with Gasteiger partial charge in [-0.2, -0.15) is 0 Å². The molecule has 144 valence electrons. The molecule has 2 aliphatic heterocycles. The van der Waals surface area contributed by atoms with Crippen molar-refractivity contribution in [1.29, 1.82) is 0 Å². The van der Waals surface area contributed by atoms with Crippen molar-refractivity contribution in [3.05, 3.63) is 56.6 Å². The Morgan fingerprint density at radius 2 is 2.15 bits per heavy atom. The number of dihydropyridines is 1. The van der Waals surface area contributed by atoms with E-state index in [1.165, 1.54) is 6.07 Å². The molecule has 1 N–H and O–H groups in total. The van der Waals surface area contributed by atoms with Gasteiger partial charge in [-0.1, -0.05) is 19.9 Å². The highest BCUT2D eigenvalue weighted by atomic mass is 79.9. The summed E-state index contributed by atoms with van der Waals surface area (Å²) in [6.07, 6.45) is 0. The number of nitrogens with one attached hydrogen (secondary N) is 1. The average Bonchev–Trinajstić information content (AvgIpc) is 2.63. The van der Waals surface area contributed by atoms with Crippen molar-refractivity contribution in [2.24, 2.45) is 5.92 Å². The highest BCUT2D eigenvalue weighted by Gasteiger charge is 2.41. The molecule has 0 fully saturated rings. The van der Waals surface area contributed by atoms with E-state index in [0.717, 1.165) is 0 Å². The molecule has 1 unspecified atom stereocenters. The summed E-state index contributed by atoms with van der Waals surface area (Å²) in [4.78, 5) is 25.5.